The summed E-state index contributed by atoms with van der Waals surface area (Å²) in [5.74, 6) is 0.620. The number of nitrogens with one attached hydrogen (secondary N) is 1. The van der Waals surface area contributed by atoms with Crippen molar-refractivity contribution < 1.29 is 14.6 Å². The molecule has 0 bridgehead atoms. The Balaban J connectivity index is 1.82. The Morgan fingerprint density at radius 3 is 3.14 bits per heavy atom. The van der Waals surface area contributed by atoms with E-state index in [9.17, 15) is 4.79 Å². The summed E-state index contributed by atoms with van der Waals surface area (Å²) in [6.07, 6.45) is 3.58. The summed E-state index contributed by atoms with van der Waals surface area (Å²) in [7, 11) is 0. The monoisotopic (exact) mass is 319 g/mol. The number of hydrogen-bond donors (Lipinski definition) is 2. The number of aliphatic hydroxyl groups is 1. The van der Waals surface area contributed by atoms with Gasteiger partial charge in [0.15, 0.2) is 5.76 Å². The molecule has 6 nitrogen and oxygen atoms in total. The van der Waals surface area contributed by atoms with Gasteiger partial charge >= 0.3 is 0 Å². The second-order valence-electron chi connectivity index (χ2n) is 4.85. The Labute approximate surface area is 132 Å². The lowest BCUT2D eigenvalue weighted by Crippen LogP contribution is -2.21. The van der Waals surface area contributed by atoms with Gasteiger partial charge in [0.25, 0.3) is 5.91 Å². The van der Waals surface area contributed by atoms with E-state index in [-0.39, 0.29) is 12.5 Å². The van der Waals surface area contributed by atoms with Gasteiger partial charge in [-0.2, -0.15) is 5.10 Å². The largest absolute Gasteiger partial charge is 0.488 e. The zero-order valence-electron chi connectivity index (χ0n) is 12.0. The van der Waals surface area contributed by atoms with E-state index in [1.165, 1.54) is 0 Å². The number of ether oxygens (including phenoxy) is 1. The van der Waals surface area contributed by atoms with Gasteiger partial charge in [0.05, 0.1) is 24.6 Å². The highest BCUT2D eigenvalue weighted by atomic mass is 32.1. The van der Waals surface area contributed by atoms with Gasteiger partial charge in [0.2, 0.25) is 0 Å². The minimum absolute atomic E-state index is 0.0480. The average molecular weight is 319 g/mol. The number of aromatic nitrogens is 2. The second-order valence-corrected chi connectivity index (χ2v) is 5.80. The molecule has 2 aromatic heterocycles. The van der Waals surface area contributed by atoms with Crippen LogP contribution in [0, 0.1) is 0 Å². The molecular weight excluding hydrogens is 302 g/mol. The van der Waals surface area contributed by atoms with Crippen LogP contribution in [-0.2, 0) is 16.1 Å². The molecule has 0 unspecified atom stereocenters. The van der Waals surface area contributed by atoms with Gasteiger partial charge in [0, 0.05) is 6.07 Å². The second kappa shape index (κ2) is 6.76. The molecule has 1 amide bonds. The molecule has 0 spiro atoms. The molecule has 0 saturated heterocycles. The van der Waals surface area contributed by atoms with Crippen molar-refractivity contribution in [2.75, 3.05) is 18.5 Å². The molecule has 0 aromatic carbocycles. The lowest BCUT2D eigenvalue weighted by atomic mass is 10.2. The number of nitrogens with zero attached hydrogens (tertiary/aromatic N) is 2. The highest BCUT2D eigenvalue weighted by Gasteiger charge is 2.17. The summed E-state index contributed by atoms with van der Waals surface area (Å²) in [4.78, 5) is 13.2. The Hall–Kier alpha value is -2.12. The predicted molar refractivity (Wildman–Crippen MR) is 84.5 cm³/mol. The fraction of sp³-hybridized carbons (Fsp3) is 0.333. The van der Waals surface area contributed by atoms with E-state index in [1.807, 2.05) is 23.6 Å². The number of thiophene rings is 1. The van der Waals surface area contributed by atoms with Crippen LogP contribution in [0.4, 0.5) is 5.82 Å². The molecule has 3 heterocycles. The molecule has 2 N–H and O–H groups in total. The Morgan fingerprint density at radius 1 is 1.55 bits per heavy atom. The molecule has 0 fully saturated rings. The van der Waals surface area contributed by atoms with Crippen LogP contribution in [0.1, 0.15) is 12.8 Å². The number of carbonyl (C=O) groups excluding carboxylic acids is 1. The van der Waals surface area contributed by atoms with Gasteiger partial charge < -0.3 is 15.2 Å². The van der Waals surface area contributed by atoms with Gasteiger partial charge in [-0.15, -0.1) is 11.3 Å². The van der Waals surface area contributed by atoms with Crippen LogP contribution in [0.25, 0.3) is 10.6 Å². The minimum Gasteiger partial charge on any atom is -0.488 e. The molecule has 0 aliphatic carbocycles. The summed E-state index contributed by atoms with van der Waals surface area (Å²) in [6.45, 7) is 0.837. The van der Waals surface area contributed by atoms with E-state index in [4.69, 9.17) is 9.84 Å². The van der Waals surface area contributed by atoms with Crippen LogP contribution in [0.2, 0.25) is 0 Å². The maximum Gasteiger partial charge on any atom is 0.291 e. The molecule has 0 saturated carbocycles. The highest BCUT2D eigenvalue weighted by molar-refractivity contribution is 7.13. The quantitative estimate of drug-likeness (QED) is 0.886. The topological polar surface area (TPSA) is 76.4 Å². The molecule has 1 aliphatic heterocycles. The number of rotatable bonds is 5. The first-order chi connectivity index (χ1) is 10.8. The van der Waals surface area contributed by atoms with Gasteiger partial charge in [0.1, 0.15) is 11.5 Å². The van der Waals surface area contributed by atoms with Crippen molar-refractivity contribution in [3.05, 3.63) is 35.4 Å². The molecule has 2 aromatic rings. The van der Waals surface area contributed by atoms with Crippen LogP contribution < -0.4 is 5.32 Å². The van der Waals surface area contributed by atoms with Gasteiger partial charge in [-0.3, -0.25) is 4.79 Å². The number of allylic oxidation sites excluding steroid dienone is 1. The molecule has 1 aliphatic rings. The van der Waals surface area contributed by atoms with Crippen molar-refractivity contribution in [2.45, 2.75) is 19.4 Å². The zero-order chi connectivity index (χ0) is 15.4. The Bertz CT molecular complexity index is 676. The van der Waals surface area contributed by atoms with Crippen molar-refractivity contribution in [2.24, 2.45) is 0 Å². The van der Waals surface area contributed by atoms with E-state index in [0.717, 1.165) is 23.4 Å². The fourth-order valence-corrected chi connectivity index (χ4v) is 2.90. The van der Waals surface area contributed by atoms with E-state index in [2.05, 4.69) is 10.4 Å². The number of hydrogen-bond acceptors (Lipinski definition) is 5. The fourth-order valence-electron chi connectivity index (χ4n) is 2.22. The maximum absolute atomic E-state index is 12.2. The standard InChI is InChI=1S/C15H17N3O3S/c19-7-6-18-14(10-11(17-18)13-5-3-9-22-13)16-15(20)12-4-1-2-8-21-12/h3-5,9-10,19H,1-2,6-8H2,(H,16,20). The normalized spacial score (nSPS) is 14.3. The van der Waals surface area contributed by atoms with Crippen LogP contribution in [0.5, 0.6) is 0 Å². The maximum atomic E-state index is 12.2. The van der Waals surface area contributed by atoms with E-state index in [0.29, 0.717) is 24.7 Å². The van der Waals surface area contributed by atoms with Crippen LogP contribution in [0.3, 0.4) is 0 Å². The first-order valence-electron chi connectivity index (χ1n) is 7.15. The van der Waals surface area contributed by atoms with Crippen molar-refractivity contribution in [1.29, 1.82) is 0 Å². The van der Waals surface area contributed by atoms with E-state index < -0.39 is 0 Å². The molecule has 7 heteroatoms. The molecule has 22 heavy (non-hydrogen) atoms. The van der Waals surface area contributed by atoms with Crippen molar-refractivity contribution in [3.63, 3.8) is 0 Å². The average Bonchev–Trinajstić information content (AvgIpc) is 3.19. The molecule has 116 valence electrons. The number of carbonyl (C=O) groups is 1. The first kappa shape index (κ1) is 14.8. The molecule has 3 rings (SSSR count). The highest BCUT2D eigenvalue weighted by Crippen LogP contribution is 2.26. The van der Waals surface area contributed by atoms with Crippen LogP contribution in [0.15, 0.2) is 35.4 Å². The number of anilines is 1. The molecule has 0 radical (unpaired) electrons. The Kier molecular flexibility index (Phi) is 4.55. The van der Waals surface area contributed by atoms with Crippen LogP contribution >= 0.6 is 11.3 Å². The molecule has 0 atom stereocenters. The summed E-state index contributed by atoms with van der Waals surface area (Å²) >= 11 is 1.58. The lowest BCUT2D eigenvalue weighted by Gasteiger charge is -2.14. The third-order valence-corrected chi connectivity index (χ3v) is 4.16. The summed E-state index contributed by atoms with van der Waals surface area (Å²) in [6, 6.07) is 5.72. The third kappa shape index (κ3) is 3.20. The van der Waals surface area contributed by atoms with Gasteiger partial charge in [-0.05, 0) is 30.4 Å². The lowest BCUT2D eigenvalue weighted by molar-refractivity contribution is -0.116. The van der Waals surface area contributed by atoms with Crippen LogP contribution in [-0.4, -0.2) is 34.0 Å². The minimum atomic E-state index is -0.281. The summed E-state index contributed by atoms with van der Waals surface area (Å²) in [5.41, 5.74) is 0.775. The molecular formula is C15H17N3O3S. The van der Waals surface area contributed by atoms with Crippen molar-refractivity contribution >= 4 is 23.1 Å². The van der Waals surface area contributed by atoms with Crippen molar-refractivity contribution in [1.82, 2.24) is 9.78 Å². The van der Waals surface area contributed by atoms with E-state index >= 15 is 0 Å². The third-order valence-electron chi connectivity index (χ3n) is 3.27. The SMILES string of the molecule is O=C(Nc1cc(-c2cccs2)nn1CCO)C1=CCCCO1. The van der Waals surface area contributed by atoms with Gasteiger partial charge in [-0.1, -0.05) is 6.07 Å². The first-order valence-corrected chi connectivity index (χ1v) is 8.03. The van der Waals surface area contributed by atoms with Gasteiger partial charge in [-0.25, -0.2) is 4.68 Å². The number of aliphatic hydroxyl groups excluding tert-OH is 1. The van der Waals surface area contributed by atoms with E-state index in [1.54, 1.807) is 22.1 Å². The predicted octanol–water partition coefficient (Wildman–Crippen LogP) is 2.24. The summed E-state index contributed by atoms with van der Waals surface area (Å²) in [5, 5.41) is 18.4. The smallest absolute Gasteiger partial charge is 0.291 e. The number of amides is 1. The van der Waals surface area contributed by atoms with Crippen molar-refractivity contribution in [3.8, 4) is 10.6 Å². The Morgan fingerprint density at radius 2 is 2.45 bits per heavy atom. The zero-order valence-corrected chi connectivity index (χ0v) is 12.8. The summed E-state index contributed by atoms with van der Waals surface area (Å²) < 4.78 is 6.96.